The minimum absolute atomic E-state index is 0.129. The van der Waals surface area contributed by atoms with E-state index in [4.69, 9.17) is 10.5 Å². The van der Waals surface area contributed by atoms with Crippen molar-refractivity contribution in [3.05, 3.63) is 28.8 Å². The van der Waals surface area contributed by atoms with Crippen molar-refractivity contribution in [2.24, 2.45) is 11.7 Å². The zero-order chi connectivity index (χ0) is 12.8. The molecule has 2 aliphatic rings. The van der Waals surface area contributed by atoms with Gasteiger partial charge in [-0.15, -0.1) is 0 Å². The first-order valence-corrected chi connectivity index (χ1v) is 7.12. The van der Waals surface area contributed by atoms with Gasteiger partial charge in [-0.1, -0.05) is 17.7 Å². The quantitative estimate of drug-likeness (QED) is 0.882. The second kappa shape index (κ2) is 4.27. The van der Waals surface area contributed by atoms with Crippen molar-refractivity contribution >= 4 is 0 Å². The van der Waals surface area contributed by atoms with E-state index in [0.29, 0.717) is 0 Å². The van der Waals surface area contributed by atoms with Crippen LogP contribution in [-0.2, 0) is 5.54 Å². The second-order valence-corrected chi connectivity index (χ2v) is 6.22. The molecule has 1 aromatic carbocycles. The normalized spacial score (nSPS) is 21.5. The van der Waals surface area contributed by atoms with Crippen LogP contribution in [0.4, 0.5) is 0 Å². The highest BCUT2D eigenvalue weighted by Crippen LogP contribution is 2.44. The van der Waals surface area contributed by atoms with Gasteiger partial charge < -0.3 is 10.5 Å². The highest BCUT2D eigenvalue weighted by Gasteiger charge is 2.37. The Morgan fingerprint density at radius 2 is 2.00 bits per heavy atom. The van der Waals surface area contributed by atoms with Gasteiger partial charge in [0.15, 0.2) is 0 Å². The molecular formula is C16H23NO. The zero-order valence-electron chi connectivity index (χ0n) is 11.5. The summed E-state index contributed by atoms with van der Waals surface area (Å²) < 4.78 is 6.09. The van der Waals surface area contributed by atoms with Crippen molar-refractivity contribution in [3.8, 4) is 5.75 Å². The molecule has 98 valence electrons. The number of hydrogen-bond acceptors (Lipinski definition) is 2. The average Bonchev–Trinajstić information content (AvgIpc) is 3.07. The molecule has 2 heteroatoms. The maximum absolute atomic E-state index is 6.50. The van der Waals surface area contributed by atoms with E-state index in [1.54, 1.807) is 0 Å². The molecule has 0 radical (unpaired) electrons. The molecule has 0 bridgehead atoms. The van der Waals surface area contributed by atoms with Crippen molar-refractivity contribution < 1.29 is 4.74 Å². The molecule has 2 aliphatic carbocycles. The van der Waals surface area contributed by atoms with Crippen LogP contribution in [0.1, 0.15) is 48.8 Å². The van der Waals surface area contributed by atoms with Crippen molar-refractivity contribution in [1.29, 1.82) is 0 Å². The summed E-state index contributed by atoms with van der Waals surface area (Å²) in [5, 5.41) is 0. The van der Waals surface area contributed by atoms with Gasteiger partial charge >= 0.3 is 0 Å². The summed E-state index contributed by atoms with van der Waals surface area (Å²) in [4.78, 5) is 0. The largest absolute Gasteiger partial charge is 0.493 e. The van der Waals surface area contributed by atoms with Gasteiger partial charge in [0.05, 0.1) is 6.61 Å². The molecule has 0 saturated heterocycles. The summed E-state index contributed by atoms with van der Waals surface area (Å²) in [6.45, 7) is 5.15. The van der Waals surface area contributed by atoms with E-state index in [-0.39, 0.29) is 5.54 Å². The van der Waals surface area contributed by atoms with Crippen LogP contribution in [0.25, 0.3) is 0 Å². The van der Waals surface area contributed by atoms with Crippen LogP contribution in [0, 0.1) is 19.8 Å². The Balaban J connectivity index is 1.92. The molecule has 0 aromatic heterocycles. The Labute approximate surface area is 110 Å². The Morgan fingerprint density at radius 1 is 1.28 bits per heavy atom. The summed E-state index contributed by atoms with van der Waals surface area (Å²) in [6, 6.07) is 4.43. The predicted octanol–water partition coefficient (Wildman–Crippen LogP) is 3.43. The lowest BCUT2D eigenvalue weighted by molar-refractivity contribution is 0.231. The summed E-state index contributed by atoms with van der Waals surface area (Å²) in [6.07, 6.45) is 6.08. The molecule has 0 unspecified atom stereocenters. The smallest absolute Gasteiger partial charge is 0.127 e. The fourth-order valence-electron chi connectivity index (χ4n) is 2.83. The first kappa shape index (κ1) is 12.0. The van der Waals surface area contributed by atoms with E-state index in [0.717, 1.165) is 31.1 Å². The minimum Gasteiger partial charge on any atom is -0.493 e. The number of benzene rings is 1. The van der Waals surface area contributed by atoms with E-state index >= 15 is 0 Å². The fourth-order valence-corrected chi connectivity index (χ4v) is 2.83. The van der Waals surface area contributed by atoms with Crippen molar-refractivity contribution in [2.45, 2.75) is 51.5 Å². The number of aryl methyl sites for hydroxylation is 2. The Morgan fingerprint density at radius 3 is 2.56 bits per heavy atom. The van der Waals surface area contributed by atoms with E-state index in [1.807, 2.05) is 0 Å². The topological polar surface area (TPSA) is 35.2 Å². The highest BCUT2D eigenvalue weighted by molar-refractivity contribution is 5.48. The Kier molecular flexibility index (Phi) is 2.86. The number of nitrogens with two attached hydrogens (primary N) is 1. The standard InChI is InChI=1S/C16H23NO/c1-11-8-12(2)15(18-10-13-4-5-13)14(9-11)16(17)6-3-7-16/h8-9,13H,3-7,10,17H2,1-2H3. The van der Waals surface area contributed by atoms with E-state index in [1.165, 1.54) is 36.0 Å². The predicted molar refractivity (Wildman–Crippen MR) is 73.9 cm³/mol. The summed E-state index contributed by atoms with van der Waals surface area (Å²) in [5.41, 5.74) is 10.1. The molecule has 0 amide bonds. The maximum atomic E-state index is 6.50. The summed E-state index contributed by atoms with van der Waals surface area (Å²) >= 11 is 0. The Bertz CT molecular complexity index is 458. The van der Waals surface area contributed by atoms with Gasteiger partial charge in [0.25, 0.3) is 0 Å². The molecule has 2 nitrogen and oxygen atoms in total. The molecule has 2 N–H and O–H groups in total. The van der Waals surface area contributed by atoms with E-state index in [2.05, 4.69) is 26.0 Å². The Hall–Kier alpha value is -1.02. The molecule has 2 saturated carbocycles. The lowest BCUT2D eigenvalue weighted by atomic mass is 9.71. The third kappa shape index (κ3) is 2.14. The molecular weight excluding hydrogens is 222 g/mol. The van der Waals surface area contributed by atoms with Crippen molar-refractivity contribution in [2.75, 3.05) is 6.61 Å². The van der Waals surface area contributed by atoms with Gasteiger partial charge in [0.2, 0.25) is 0 Å². The third-order valence-corrected chi connectivity index (χ3v) is 4.36. The SMILES string of the molecule is Cc1cc(C)c(OCC2CC2)c(C2(N)CCC2)c1. The van der Waals surface area contributed by atoms with Crippen LogP contribution < -0.4 is 10.5 Å². The molecule has 0 spiro atoms. The van der Waals surface area contributed by atoms with Crippen LogP contribution in [0.2, 0.25) is 0 Å². The van der Waals surface area contributed by atoms with E-state index in [9.17, 15) is 0 Å². The van der Waals surface area contributed by atoms with Gasteiger partial charge in [-0.25, -0.2) is 0 Å². The van der Waals surface area contributed by atoms with Crippen molar-refractivity contribution in [3.63, 3.8) is 0 Å². The summed E-state index contributed by atoms with van der Waals surface area (Å²) in [7, 11) is 0. The van der Waals surface area contributed by atoms with E-state index < -0.39 is 0 Å². The number of hydrogen-bond donors (Lipinski definition) is 1. The highest BCUT2D eigenvalue weighted by atomic mass is 16.5. The van der Waals surface area contributed by atoms with Gasteiger partial charge in [-0.3, -0.25) is 0 Å². The van der Waals surface area contributed by atoms with Crippen molar-refractivity contribution in [1.82, 2.24) is 0 Å². The summed E-state index contributed by atoms with van der Waals surface area (Å²) in [5.74, 6) is 1.85. The van der Waals surface area contributed by atoms with Crippen LogP contribution in [0.5, 0.6) is 5.75 Å². The van der Waals surface area contributed by atoms with Gasteiger partial charge in [-0.2, -0.15) is 0 Å². The molecule has 1 aromatic rings. The maximum Gasteiger partial charge on any atom is 0.127 e. The molecule has 0 atom stereocenters. The monoisotopic (exact) mass is 245 g/mol. The van der Waals surface area contributed by atoms with Gasteiger partial charge in [0, 0.05) is 11.1 Å². The molecule has 0 heterocycles. The molecule has 2 fully saturated rings. The van der Waals surface area contributed by atoms with Crippen LogP contribution in [0.3, 0.4) is 0 Å². The van der Waals surface area contributed by atoms with Crippen LogP contribution in [-0.4, -0.2) is 6.61 Å². The zero-order valence-corrected chi connectivity index (χ0v) is 11.5. The fraction of sp³-hybridized carbons (Fsp3) is 0.625. The van der Waals surface area contributed by atoms with Crippen LogP contribution >= 0.6 is 0 Å². The average molecular weight is 245 g/mol. The van der Waals surface area contributed by atoms with Gasteiger partial charge in [0.1, 0.15) is 5.75 Å². The first-order valence-electron chi connectivity index (χ1n) is 7.12. The number of rotatable bonds is 4. The third-order valence-electron chi connectivity index (χ3n) is 4.36. The number of ether oxygens (including phenoxy) is 1. The second-order valence-electron chi connectivity index (χ2n) is 6.22. The van der Waals surface area contributed by atoms with Crippen LogP contribution in [0.15, 0.2) is 12.1 Å². The van der Waals surface area contributed by atoms with Gasteiger partial charge in [-0.05, 0) is 57.4 Å². The molecule has 3 rings (SSSR count). The first-order chi connectivity index (χ1) is 8.58. The molecule has 18 heavy (non-hydrogen) atoms. The molecule has 0 aliphatic heterocycles. The lowest BCUT2D eigenvalue weighted by Crippen LogP contribution is -2.43. The minimum atomic E-state index is -0.129. The lowest BCUT2D eigenvalue weighted by Gasteiger charge is -2.40.